The number of halogens is 1. The molecule has 102 valence electrons. The van der Waals surface area contributed by atoms with Crippen molar-refractivity contribution in [2.75, 3.05) is 13.1 Å². The van der Waals surface area contributed by atoms with Crippen molar-refractivity contribution < 1.29 is 8.42 Å². The fraction of sp³-hybridized carbons (Fsp3) is 0.667. The Morgan fingerprint density at radius 1 is 1.33 bits per heavy atom. The van der Waals surface area contributed by atoms with Crippen LogP contribution in [0.15, 0.2) is 14.7 Å². The van der Waals surface area contributed by atoms with Gasteiger partial charge >= 0.3 is 0 Å². The number of aryl methyl sites for hydroxylation is 1. The van der Waals surface area contributed by atoms with Crippen LogP contribution in [0.25, 0.3) is 0 Å². The van der Waals surface area contributed by atoms with Gasteiger partial charge in [0.2, 0.25) is 10.0 Å². The maximum Gasteiger partial charge on any atom is 0.244 e. The van der Waals surface area contributed by atoms with Crippen LogP contribution in [0.5, 0.6) is 0 Å². The fourth-order valence-electron chi connectivity index (χ4n) is 2.63. The topological polar surface area (TPSA) is 37.4 Å². The van der Waals surface area contributed by atoms with Crippen LogP contribution in [0.4, 0.5) is 0 Å². The molecule has 1 aliphatic heterocycles. The molecule has 0 radical (unpaired) electrons. The first-order valence-corrected chi connectivity index (χ1v) is 9.11. The molecule has 2 atom stereocenters. The van der Waals surface area contributed by atoms with Gasteiger partial charge in [-0.05, 0) is 47.2 Å². The number of sulfonamides is 1. The number of rotatable bonds is 2. The Balaban J connectivity index is 2.34. The van der Waals surface area contributed by atoms with Gasteiger partial charge < -0.3 is 0 Å². The van der Waals surface area contributed by atoms with Gasteiger partial charge in [0, 0.05) is 18.0 Å². The zero-order chi connectivity index (χ0) is 13.5. The third-order valence-electron chi connectivity index (χ3n) is 3.30. The minimum atomic E-state index is -3.32. The van der Waals surface area contributed by atoms with Gasteiger partial charge in [-0.3, -0.25) is 0 Å². The third kappa shape index (κ3) is 2.81. The van der Waals surface area contributed by atoms with Crippen LogP contribution >= 0.6 is 27.3 Å². The Hall–Kier alpha value is 0.0900. The molecule has 0 aromatic carbocycles. The second-order valence-electron chi connectivity index (χ2n) is 5.24. The molecule has 0 bridgehead atoms. The van der Waals surface area contributed by atoms with E-state index >= 15 is 0 Å². The van der Waals surface area contributed by atoms with E-state index in [1.807, 2.05) is 6.92 Å². The summed E-state index contributed by atoms with van der Waals surface area (Å²) in [5, 5.41) is 0. The molecule has 1 saturated heterocycles. The minimum Gasteiger partial charge on any atom is -0.207 e. The molecule has 2 rings (SSSR count). The monoisotopic (exact) mass is 351 g/mol. The van der Waals surface area contributed by atoms with Crippen LogP contribution in [0, 0.1) is 18.8 Å². The molecule has 0 N–H and O–H groups in total. The van der Waals surface area contributed by atoms with E-state index in [1.165, 1.54) is 11.3 Å². The van der Waals surface area contributed by atoms with Gasteiger partial charge in [0.1, 0.15) is 0 Å². The van der Waals surface area contributed by atoms with Crippen LogP contribution in [0.1, 0.15) is 25.1 Å². The average molecular weight is 352 g/mol. The van der Waals surface area contributed by atoms with Gasteiger partial charge in [-0.1, -0.05) is 13.8 Å². The first-order valence-electron chi connectivity index (χ1n) is 6.06. The predicted molar refractivity (Wildman–Crippen MR) is 78.5 cm³/mol. The number of thiophene rings is 1. The van der Waals surface area contributed by atoms with Gasteiger partial charge in [0.25, 0.3) is 0 Å². The molecule has 18 heavy (non-hydrogen) atoms. The Morgan fingerprint density at radius 3 is 2.33 bits per heavy atom. The highest BCUT2D eigenvalue weighted by Crippen LogP contribution is 2.33. The molecule has 0 aliphatic carbocycles. The first-order chi connectivity index (χ1) is 8.30. The minimum absolute atomic E-state index is 0.436. The van der Waals surface area contributed by atoms with E-state index in [-0.39, 0.29) is 0 Å². The van der Waals surface area contributed by atoms with Crippen molar-refractivity contribution >= 4 is 37.3 Å². The SMILES string of the molecule is Cc1sc(Br)cc1S(=O)(=O)N1CC(C)CC(C)C1. The lowest BCUT2D eigenvalue weighted by molar-refractivity contribution is 0.222. The molecule has 0 amide bonds. The molecular weight excluding hydrogens is 334 g/mol. The average Bonchev–Trinajstić information content (AvgIpc) is 2.57. The van der Waals surface area contributed by atoms with E-state index in [1.54, 1.807) is 10.4 Å². The summed E-state index contributed by atoms with van der Waals surface area (Å²) in [5.41, 5.74) is 0. The highest BCUT2D eigenvalue weighted by Gasteiger charge is 2.33. The van der Waals surface area contributed by atoms with Crippen LogP contribution < -0.4 is 0 Å². The van der Waals surface area contributed by atoms with Crippen molar-refractivity contribution in [2.24, 2.45) is 11.8 Å². The van der Waals surface area contributed by atoms with Gasteiger partial charge in [0.15, 0.2) is 0 Å². The Morgan fingerprint density at radius 2 is 1.89 bits per heavy atom. The summed E-state index contributed by atoms with van der Waals surface area (Å²) >= 11 is 4.83. The molecule has 0 spiro atoms. The van der Waals surface area contributed by atoms with Crippen molar-refractivity contribution in [1.29, 1.82) is 0 Å². The van der Waals surface area contributed by atoms with Gasteiger partial charge in [-0.15, -0.1) is 11.3 Å². The third-order valence-corrected chi connectivity index (χ3v) is 6.94. The maximum absolute atomic E-state index is 12.6. The largest absolute Gasteiger partial charge is 0.244 e. The summed E-state index contributed by atoms with van der Waals surface area (Å²) < 4.78 is 27.8. The van der Waals surface area contributed by atoms with Crippen LogP contribution in [-0.4, -0.2) is 25.8 Å². The Kier molecular flexibility index (Phi) is 4.21. The summed E-state index contributed by atoms with van der Waals surface area (Å²) in [7, 11) is -3.32. The highest BCUT2D eigenvalue weighted by molar-refractivity contribution is 9.11. The molecule has 6 heteroatoms. The summed E-state index contributed by atoms with van der Waals surface area (Å²) in [6.07, 6.45) is 1.11. The normalized spacial score (nSPS) is 26.4. The number of piperidine rings is 1. The molecular formula is C12H18BrNO2S2. The zero-order valence-corrected chi connectivity index (χ0v) is 14.0. The van der Waals surface area contributed by atoms with E-state index in [2.05, 4.69) is 29.8 Å². The van der Waals surface area contributed by atoms with Crippen molar-refractivity contribution in [2.45, 2.75) is 32.1 Å². The van der Waals surface area contributed by atoms with Gasteiger partial charge in [-0.2, -0.15) is 4.31 Å². The molecule has 3 nitrogen and oxygen atoms in total. The van der Waals surface area contributed by atoms with E-state index in [0.717, 1.165) is 15.1 Å². The van der Waals surface area contributed by atoms with Crippen molar-refractivity contribution in [3.63, 3.8) is 0 Å². The lowest BCUT2D eigenvalue weighted by Gasteiger charge is -2.34. The molecule has 1 aliphatic rings. The summed E-state index contributed by atoms with van der Waals surface area (Å²) in [4.78, 5) is 1.31. The maximum atomic E-state index is 12.6. The smallest absolute Gasteiger partial charge is 0.207 e. The molecule has 2 unspecified atom stereocenters. The van der Waals surface area contributed by atoms with Crippen molar-refractivity contribution in [3.05, 3.63) is 14.7 Å². The van der Waals surface area contributed by atoms with Crippen LogP contribution in [-0.2, 0) is 10.0 Å². The standard InChI is InChI=1S/C12H18BrNO2S2/c1-8-4-9(2)7-14(6-8)18(15,16)11-5-12(13)17-10(11)3/h5,8-9H,4,6-7H2,1-3H3. The lowest BCUT2D eigenvalue weighted by Crippen LogP contribution is -2.42. The van der Waals surface area contributed by atoms with Crippen molar-refractivity contribution in [1.82, 2.24) is 4.31 Å². The quantitative estimate of drug-likeness (QED) is 0.817. The van der Waals surface area contributed by atoms with E-state index < -0.39 is 10.0 Å². The first kappa shape index (κ1) is 14.5. The lowest BCUT2D eigenvalue weighted by atomic mass is 9.94. The van der Waals surface area contributed by atoms with Crippen molar-refractivity contribution in [3.8, 4) is 0 Å². The number of nitrogens with zero attached hydrogens (tertiary/aromatic N) is 1. The molecule has 0 saturated carbocycles. The molecule has 1 fully saturated rings. The molecule has 2 heterocycles. The Labute approximate surface area is 121 Å². The summed E-state index contributed by atoms with van der Waals surface area (Å²) in [5.74, 6) is 0.872. The predicted octanol–water partition coefficient (Wildman–Crippen LogP) is 3.49. The number of hydrogen-bond acceptors (Lipinski definition) is 3. The molecule has 1 aromatic heterocycles. The highest BCUT2D eigenvalue weighted by atomic mass is 79.9. The summed E-state index contributed by atoms with van der Waals surface area (Å²) in [6, 6.07) is 1.72. The van der Waals surface area contributed by atoms with Gasteiger partial charge in [-0.25, -0.2) is 8.42 Å². The van der Waals surface area contributed by atoms with Gasteiger partial charge in [0.05, 0.1) is 8.68 Å². The van der Waals surface area contributed by atoms with E-state index in [0.29, 0.717) is 29.8 Å². The number of hydrogen-bond donors (Lipinski definition) is 0. The van der Waals surface area contributed by atoms with E-state index in [9.17, 15) is 8.42 Å². The van der Waals surface area contributed by atoms with E-state index in [4.69, 9.17) is 0 Å². The Bertz CT molecular complexity index is 528. The van der Waals surface area contributed by atoms with Crippen LogP contribution in [0.3, 0.4) is 0 Å². The second-order valence-corrected chi connectivity index (χ2v) is 9.78. The van der Waals surface area contributed by atoms with Crippen LogP contribution in [0.2, 0.25) is 0 Å². The second kappa shape index (κ2) is 5.23. The zero-order valence-electron chi connectivity index (χ0n) is 10.8. The molecule has 1 aromatic rings. The summed E-state index contributed by atoms with van der Waals surface area (Å²) in [6.45, 7) is 7.38. The fourth-order valence-corrected chi connectivity index (χ4v) is 6.69.